The summed E-state index contributed by atoms with van der Waals surface area (Å²) in [5.74, 6) is 0.973. The van der Waals surface area contributed by atoms with Gasteiger partial charge in [0.05, 0.1) is 7.11 Å². The molecular weight excluding hydrogens is 188 g/mol. The fraction of sp³-hybridized carbons (Fsp3) is 0.500. The molecule has 0 amide bonds. The molecule has 0 radical (unpaired) electrons. The van der Waals surface area contributed by atoms with E-state index in [0.717, 1.165) is 31.9 Å². The van der Waals surface area contributed by atoms with Crippen LogP contribution < -0.4 is 10.1 Å². The van der Waals surface area contributed by atoms with Crippen molar-refractivity contribution in [2.24, 2.45) is 0 Å². The number of hydrogen-bond donors (Lipinski definition) is 1. The van der Waals surface area contributed by atoms with E-state index >= 15 is 0 Å². The molecule has 0 aliphatic carbocycles. The van der Waals surface area contributed by atoms with E-state index in [-0.39, 0.29) is 0 Å². The van der Waals surface area contributed by atoms with Gasteiger partial charge in [0.1, 0.15) is 5.75 Å². The first kappa shape index (κ1) is 9.19. The predicted octanol–water partition coefficient (Wildman–Crippen LogP) is 1.16. The maximum absolute atomic E-state index is 5.28. The van der Waals surface area contributed by atoms with Crippen molar-refractivity contribution in [2.75, 3.05) is 26.7 Å². The average Bonchev–Trinajstić information content (AvgIpc) is 2.66. The van der Waals surface area contributed by atoms with E-state index in [0.29, 0.717) is 6.04 Å². The van der Waals surface area contributed by atoms with Crippen LogP contribution in [0.2, 0.25) is 0 Å². The number of hydrogen-bond acceptors (Lipinski definition) is 3. The number of nitrogens with zero attached hydrogens (tertiary/aromatic N) is 1. The maximum atomic E-state index is 5.28. The summed E-state index contributed by atoms with van der Waals surface area (Å²) in [6, 6.07) is 7.01. The highest BCUT2D eigenvalue weighted by atomic mass is 16.5. The van der Waals surface area contributed by atoms with Crippen LogP contribution in [0.1, 0.15) is 17.2 Å². The molecule has 0 spiro atoms. The third kappa shape index (κ3) is 1.43. The summed E-state index contributed by atoms with van der Waals surface area (Å²) in [6.07, 6.45) is 0. The zero-order valence-electron chi connectivity index (χ0n) is 8.99. The Labute approximate surface area is 90.0 Å². The van der Waals surface area contributed by atoms with Gasteiger partial charge in [-0.25, -0.2) is 0 Å². The normalized spacial score (nSPS) is 24.7. The Bertz CT molecular complexity index is 378. The van der Waals surface area contributed by atoms with Crippen molar-refractivity contribution in [1.82, 2.24) is 10.2 Å². The van der Waals surface area contributed by atoms with Gasteiger partial charge in [-0.15, -0.1) is 0 Å². The van der Waals surface area contributed by atoms with Gasteiger partial charge in [0, 0.05) is 32.2 Å². The minimum atomic E-state index is 0.559. The second-order valence-electron chi connectivity index (χ2n) is 4.26. The van der Waals surface area contributed by atoms with Crippen molar-refractivity contribution in [1.29, 1.82) is 0 Å². The monoisotopic (exact) mass is 204 g/mol. The maximum Gasteiger partial charge on any atom is 0.119 e. The molecule has 1 aromatic carbocycles. The molecule has 1 unspecified atom stereocenters. The molecule has 2 heterocycles. The van der Waals surface area contributed by atoms with Crippen LogP contribution in [0, 0.1) is 0 Å². The van der Waals surface area contributed by atoms with Gasteiger partial charge in [0.2, 0.25) is 0 Å². The van der Waals surface area contributed by atoms with Crippen molar-refractivity contribution < 1.29 is 4.74 Å². The van der Waals surface area contributed by atoms with Crippen LogP contribution >= 0.6 is 0 Å². The lowest BCUT2D eigenvalue weighted by Crippen LogP contribution is -2.42. The fourth-order valence-corrected chi connectivity index (χ4v) is 2.62. The molecule has 0 bridgehead atoms. The van der Waals surface area contributed by atoms with Gasteiger partial charge < -0.3 is 10.1 Å². The molecular formula is C12H16N2O. The third-order valence-electron chi connectivity index (χ3n) is 3.44. The van der Waals surface area contributed by atoms with Gasteiger partial charge in [0.25, 0.3) is 0 Å². The second kappa shape index (κ2) is 3.51. The van der Waals surface area contributed by atoms with Gasteiger partial charge >= 0.3 is 0 Å². The third-order valence-corrected chi connectivity index (χ3v) is 3.44. The molecule has 2 aliphatic heterocycles. The molecule has 1 atom stereocenters. The summed E-state index contributed by atoms with van der Waals surface area (Å²) in [4.78, 5) is 2.54. The predicted molar refractivity (Wildman–Crippen MR) is 59.0 cm³/mol. The van der Waals surface area contributed by atoms with E-state index in [1.807, 2.05) is 0 Å². The summed E-state index contributed by atoms with van der Waals surface area (Å²) < 4.78 is 5.28. The number of ether oxygens (including phenoxy) is 1. The Kier molecular flexibility index (Phi) is 2.15. The lowest BCUT2D eigenvalue weighted by atomic mass is 10.0. The van der Waals surface area contributed by atoms with Crippen LogP contribution in [0.3, 0.4) is 0 Å². The first-order valence-electron chi connectivity index (χ1n) is 5.50. The van der Waals surface area contributed by atoms with Crippen molar-refractivity contribution >= 4 is 0 Å². The minimum Gasteiger partial charge on any atom is -0.497 e. The fourth-order valence-electron chi connectivity index (χ4n) is 2.62. The van der Waals surface area contributed by atoms with Crippen LogP contribution in [0.5, 0.6) is 5.75 Å². The van der Waals surface area contributed by atoms with Gasteiger partial charge in [0.15, 0.2) is 0 Å². The molecule has 80 valence electrons. The van der Waals surface area contributed by atoms with E-state index in [1.54, 1.807) is 7.11 Å². The van der Waals surface area contributed by atoms with E-state index in [2.05, 4.69) is 28.4 Å². The van der Waals surface area contributed by atoms with Crippen molar-refractivity contribution in [3.05, 3.63) is 29.3 Å². The van der Waals surface area contributed by atoms with Crippen LogP contribution in [-0.4, -0.2) is 31.6 Å². The number of fused-ring (bicyclic) bond motifs is 3. The number of rotatable bonds is 1. The quantitative estimate of drug-likeness (QED) is 0.743. The molecule has 3 heteroatoms. The zero-order chi connectivity index (χ0) is 10.3. The molecule has 1 saturated heterocycles. The van der Waals surface area contributed by atoms with Crippen LogP contribution in [0.15, 0.2) is 18.2 Å². The first-order valence-corrected chi connectivity index (χ1v) is 5.50. The minimum absolute atomic E-state index is 0.559. The Morgan fingerprint density at radius 2 is 2.40 bits per heavy atom. The number of methoxy groups -OCH3 is 1. The van der Waals surface area contributed by atoms with Crippen molar-refractivity contribution in [3.8, 4) is 5.75 Å². The molecule has 15 heavy (non-hydrogen) atoms. The highest BCUT2D eigenvalue weighted by molar-refractivity contribution is 5.41. The number of piperazine rings is 1. The van der Waals surface area contributed by atoms with E-state index < -0.39 is 0 Å². The van der Waals surface area contributed by atoms with E-state index in [9.17, 15) is 0 Å². The second-order valence-corrected chi connectivity index (χ2v) is 4.26. The summed E-state index contributed by atoms with van der Waals surface area (Å²) in [5, 5.41) is 3.45. The standard InChI is InChI=1S/C12H16N2O/c1-15-10-3-2-9-8-14-5-4-13-7-12(14)11(9)6-10/h2-3,6,12-13H,4-5,7-8H2,1H3. The average molecular weight is 204 g/mol. The lowest BCUT2D eigenvalue weighted by Gasteiger charge is -2.30. The van der Waals surface area contributed by atoms with Crippen molar-refractivity contribution in [3.63, 3.8) is 0 Å². The topological polar surface area (TPSA) is 24.5 Å². The van der Waals surface area contributed by atoms with Crippen LogP contribution in [-0.2, 0) is 6.54 Å². The Morgan fingerprint density at radius 1 is 1.47 bits per heavy atom. The van der Waals surface area contributed by atoms with Gasteiger partial charge in [-0.05, 0) is 23.3 Å². The molecule has 3 nitrogen and oxygen atoms in total. The largest absolute Gasteiger partial charge is 0.497 e. The van der Waals surface area contributed by atoms with Crippen molar-refractivity contribution in [2.45, 2.75) is 12.6 Å². The highest BCUT2D eigenvalue weighted by Gasteiger charge is 2.31. The molecule has 0 saturated carbocycles. The molecule has 1 N–H and O–H groups in total. The van der Waals surface area contributed by atoms with Crippen LogP contribution in [0.4, 0.5) is 0 Å². The number of nitrogens with one attached hydrogen (secondary N) is 1. The highest BCUT2D eigenvalue weighted by Crippen LogP contribution is 2.36. The van der Waals surface area contributed by atoms with E-state index in [4.69, 9.17) is 4.74 Å². The van der Waals surface area contributed by atoms with Crippen LogP contribution in [0.25, 0.3) is 0 Å². The molecule has 2 aliphatic rings. The molecule has 3 rings (SSSR count). The smallest absolute Gasteiger partial charge is 0.119 e. The SMILES string of the molecule is COc1ccc2c(c1)C1CNCCN1C2. The molecule has 1 fully saturated rings. The van der Waals surface area contributed by atoms with Gasteiger partial charge in [-0.3, -0.25) is 4.90 Å². The molecule has 0 aromatic heterocycles. The Balaban J connectivity index is 1.98. The first-order chi connectivity index (χ1) is 7.38. The van der Waals surface area contributed by atoms with Gasteiger partial charge in [-0.1, -0.05) is 6.07 Å². The summed E-state index contributed by atoms with van der Waals surface area (Å²) >= 11 is 0. The Morgan fingerprint density at radius 3 is 3.27 bits per heavy atom. The van der Waals surface area contributed by atoms with Gasteiger partial charge in [-0.2, -0.15) is 0 Å². The summed E-state index contributed by atoms with van der Waals surface area (Å²) in [7, 11) is 1.73. The lowest BCUT2D eigenvalue weighted by molar-refractivity contribution is 0.178. The zero-order valence-corrected chi connectivity index (χ0v) is 8.99. The van der Waals surface area contributed by atoms with E-state index in [1.165, 1.54) is 11.1 Å². The number of benzene rings is 1. The summed E-state index contributed by atoms with van der Waals surface area (Å²) in [5.41, 5.74) is 2.91. The summed E-state index contributed by atoms with van der Waals surface area (Å²) in [6.45, 7) is 4.44. The molecule has 1 aromatic rings. The Hall–Kier alpha value is -1.06.